The van der Waals surface area contributed by atoms with Crippen LogP contribution in [0.1, 0.15) is 5.56 Å². The molecule has 0 N–H and O–H groups in total. The van der Waals surface area contributed by atoms with Gasteiger partial charge in [0.25, 0.3) is 0 Å². The summed E-state index contributed by atoms with van der Waals surface area (Å²) in [6, 6.07) is 10.7. The molecule has 2 heterocycles. The molecule has 5 heteroatoms. The van der Waals surface area contributed by atoms with Crippen LogP contribution in [0.25, 0.3) is 0 Å². The van der Waals surface area contributed by atoms with Crippen molar-refractivity contribution in [3.8, 4) is 0 Å². The fraction of sp³-hybridized carbons (Fsp3) is 0.333. The SMILES string of the molecule is c1ccc(C2(Cn3cncn3)SCCS2)cc1. The molecule has 3 nitrogen and oxygen atoms in total. The van der Waals surface area contributed by atoms with Gasteiger partial charge in [0.1, 0.15) is 16.7 Å². The Balaban J connectivity index is 1.93. The molecule has 2 aromatic rings. The summed E-state index contributed by atoms with van der Waals surface area (Å²) in [7, 11) is 0. The Morgan fingerprint density at radius 1 is 1.18 bits per heavy atom. The number of hydrogen-bond donors (Lipinski definition) is 0. The largest absolute Gasteiger partial charge is 0.250 e. The molecule has 0 aliphatic carbocycles. The van der Waals surface area contributed by atoms with Crippen LogP contribution in [0.5, 0.6) is 0 Å². The van der Waals surface area contributed by atoms with Crippen LogP contribution in [-0.4, -0.2) is 26.3 Å². The van der Waals surface area contributed by atoms with Crippen molar-refractivity contribution < 1.29 is 0 Å². The lowest BCUT2D eigenvalue weighted by atomic mass is 10.1. The first-order chi connectivity index (χ1) is 8.39. The monoisotopic (exact) mass is 263 g/mol. The minimum atomic E-state index is 0.106. The van der Waals surface area contributed by atoms with Gasteiger partial charge in [-0.3, -0.25) is 4.68 Å². The third-order valence-corrected chi connectivity index (χ3v) is 6.25. The lowest BCUT2D eigenvalue weighted by Crippen LogP contribution is -2.22. The molecule has 0 atom stereocenters. The molecule has 1 fully saturated rings. The summed E-state index contributed by atoms with van der Waals surface area (Å²) in [6.07, 6.45) is 3.40. The van der Waals surface area contributed by atoms with Gasteiger partial charge in [0.2, 0.25) is 0 Å². The van der Waals surface area contributed by atoms with E-state index in [0.29, 0.717) is 0 Å². The summed E-state index contributed by atoms with van der Waals surface area (Å²) in [5, 5.41) is 4.23. The molecule has 0 radical (unpaired) electrons. The van der Waals surface area contributed by atoms with Crippen LogP contribution in [0.3, 0.4) is 0 Å². The van der Waals surface area contributed by atoms with E-state index in [-0.39, 0.29) is 4.08 Å². The minimum absolute atomic E-state index is 0.106. The number of thioether (sulfide) groups is 2. The maximum atomic E-state index is 4.23. The van der Waals surface area contributed by atoms with E-state index in [1.807, 2.05) is 28.2 Å². The molecule has 1 aromatic carbocycles. The molecule has 0 bridgehead atoms. The second-order valence-corrected chi connectivity index (χ2v) is 6.96. The Bertz CT molecular complexity index is 464. The molecule has 1 saturated heterocycles. The van der Waals surface area contributed by atoms with Gasteiger partial charge in [-0.15, -0.1) is 23.5 Å². The van der Waals surface area contributed by atoms with Gasteiger partial charge < -0.3 is 0 Å². The van der Waals surface area contributed by atoms with Crippen molar-refractivity contribution >= 4 is 23.5 Å². The molecule has 0 amide bonds. The zero-order chi connectivity index (χ0) is 11.6. The van der Waals surface area contributed by atoms with Crippen molar-refractivity contribution in [2.75, 3.05) is 11.5 Å². The molecule has 1 aliphatic rings. The summed E-state index contributed by atoms with van der Waals surface area (Å²) < 4.78 is 2.04. The van der Waals surface area contributed by atoms with Gasteiger partial charge >= 0.3 is 0 Å². The molecule has 3 rings (SSSR count). The number of benzene rings is 1. The first-order valence-electron chi connectivity index (χ1n) is 5.55. The van der Waals surface area contributed by atoms with Gasteiger partial charge in [0.15, 0.2) is 0 Å². The first-order valence-corrected chi connectivity index (χ1v) is 7.52. The van der Waals surface area contributed by atoms with E-state index in [9.17, 15) is 0 Å². The van der Waals surface area contributed by atoms with Crippen LogP contribution >= 0.6 is 23.5 Å². The Morgan fingerprint density at radius 2 is 1.94 bits per heavy atom. The molecule has 1 aromatic heterocycles. The van der Waals surface area contributed by atoms with E-state index >= 15 is 0 Å². The summed E-state index contributed by atoms with van der Waals surface area (Å²) in [5.74, 6) is 2.41. The standard InChI is InChI=1S/C12H13N3S2/c1-2-4-11(5-3-1)12(16-6-7-17-12)8-15-10-13-9-14-15/h1-5,9-10H,6-8H2. The lowest BCUT2D eigenvalue weighted by molar-refractivity contribution is 0.582. The Morgan fingerprint density at radius 3 is 2.59 bits per heavy atom. The maximum absolute atomic E-state index is 4.23. The molecule has 1 aliphatic heterocycles. The Labute approximate surface area is 109 Å². The number of hydrogen-bond acceptors (Lipinski definition) is 4. The second kappa shape index (κ2) is 4.74. The highest BCUT2D eigenvalue weighted by Crippen LogP contribution is 2.52. The Hall–Kier alpha value is -0.940. The predicted molar refractivity (Wildman–Crippen MR) is 73.1 cm³/mol. The summed E-state index contributed by atoms with van der Waals surface area (Å²) in [5.41, 5.74) is 1.38. The molecule has 88 valence electrons. The molecule has 0 saturated carbocycles. The van der Waals surface area contributed by atoms with Crippen LogP contribution in [0.2, 0.25) is 0 Å². The van der Waals surface area contributed by atoms with Crippen molar-refractivity contribution in [3.63, 3.8) is 0 Å². The predicted octanol–water partition coefficient (Wildman–Crippen LogP) is 2.61. The fourth-order valence-electron chi connectivity index (χ4n) is 2.02. The third-order valence-electron chi connectivity index (χ3n) is 2.80. The lowest BCUT2D eigenvalue weighted by Gasteiger charge is -2.27. The number of rotatable bonds is 3. The van der Waals surface area contributed by atoms with Gasteiger partial charge in [-0.1, -0.05) is 30.3 Å². The first kappa shape index (κ1) is 11.2. The highest BCUT2D eigenvalue weighted by atomic mass is 32.2. The number of aromatic nitrogens is 3. The van der Waals surface area contributed by atoms with E-state index in [1.165, 1.54) is 17.1 Å². The van der Waals surface area contributed by atoms with Gasteiger partial charge in [0, 0.05) is 11.5 Å². The quantitative estimate of drug-likeness (QED) is 0.851. The van der Waals surface area contributed by atoms with Crippen LogP contribution in [0.4, 0.5) is 0 Å². The summed E-state index contributed by atoms with van der Waals surface area (Å²) in [4.78, 5) is 4.02. The fourth-order valence-corrected chi connectivity index (χ4v) is 5.24. The highest BCUT2D eigenvalue weighted by molar-refractivity contribution is 8.20. The van der Waals surface area contributed by atoms with E-state index in [0.717, 1.165) is 6.54 Å². The van der Waals surface area contributed by atoms with E-state index in [2.05, 4.69) is 40.4 Å². The van der Waals surface area contributed by atoms with Gasteiger partial charge in [-0.25, -0.2) is 4.98 Å². The van der Waals surface area contributed by atoms with Crippen molar-refractivity contribution in [1.29, 1.82) is 0 Å². The molecular weight excluding hydrogens is 250 g/mol. The smallest absolute Gasteiger partial charge is 0.137 e. The van der Waals surface area contributed by atoms with E-state index in [1.54, 1.807) is 12.7 Å². The van der Waals surface area contributed by atoms with Gasteiger partial charge in [-0.2, -0.15) is 5.10 Å². The van der Waals surface area contributed by atoms with Crippen LogP contribution in [-0.2, 0) is 10.6 Å². The van der Waals surface area contributed by atoms with Crippen molar-refractivity contribution in [1.82, 2.24) is 14.8 Å². The highest BCUT2D eigenvalue weighted by Gasteiger charge is 2.38. The van der Waals surface area contributed by atoms with Gasteiger partial charge in [0.05, 0.1) is 6.54 Å². The van der Waals surface area contributed by atoms with Crippen LogP contribution in [0, 0.1) is 0 Å². The van der Waals surface area contributed by atoms with Crippen LogP contribution < -0.4 is 0 Å². The zero-order valence-corrected chi connectivity index (χ0v) is 11.0. The van der Waals surface area contributed by atoms with E-state index < -0.39 is 0 Å². The van der Waals surface area contributed by atoms with Gasteiger partial charge in [-0.05, 0) is 5.56 Å². The van der Waals surface area contributed by atoms with E-state index in [4.69, 9.17) is 0 Å². The second-order valence-electron chi connectivity index (χ2n) is 3.91. The molecule has 0 spiro atoms. The normalized spacial score (nSPS) is 18.4. The molecular formula is C12H13N3S2. The average Bonchev–Trinajstić information content (AvgIpc) is 3.03. The van der Waals surface area contributed by atoms with Crippen molar-refractivity contribution in [2.24, 2.45) is 0 Å². The minimum Gasteiger partial charge on any atom is -0.250 e. The Kier molecular flexibility index (Phi) is 3.11. The number of nitrogens with zero attached hydrogens (tertiary/aromatic N) is 3. The third kappa shape index (κ3) is 2.21. The average molecular weight is 263 g/mol. The van der Waals surface area contributed by atoms with Crippen molar-refractivity contribution in [2.45, 2.75) is 10.6 Å². The molecule has 17 heavy (non-hydrogen) atoms. The summed E-state index contributed by atoms with van der Waals surface area (Å²) >= 11 is 4.03. The topological polar surface area (TPSA) is 30.7 Å². The van der Waals surface area contributed by atoms with Crippen LogP contribution in [0.15, 0.2) is 43.0 Å². The summed E-state index contributed by atoms with van der Waals surface area (Å²) in [6.45, 7) is 0.881. The van der Waals surface area contributed by atoms with Crippen molar-refractivity contribution in [3.05, 3.63) is 48.5 Å². The zero-order valence-electron chi connectivity index (χ0n) is 9.32. The maximum Gasteiger partial charge on any atom is 0.137 e. The molecule has 0 unspecified atom stereocenters.